The topological polar surface area (TPSA) is 36.4 Å². The summed E-state index contributed by atoms with van der Waals surface area (Å²) in [5.41, 5.74) is 2.39. The molecule has 4 rings (SSSR count). The molecule has 1 aliphatic heterocycles. The molecule has 1 amide bonds. The summed E-state index contributed by atoms with van der Waals surface area (Å²) in [5.74, 6) is -0.451. The highest BCUT2D eigenvalue weighted by Gasteiger charge is 2.32. The van der Waals surface area contributed by atoms with Crippen LogP contribution in [0.15, 0.2) is 36.4 Å². The minimum atomic E-state index is -0.394. The van der Waals surface area contributed by atoms with Crippen LogP contribution in [0.2, 0.25) is 0 Å². The molecule has 1 aromatic heterocycles. The first kappa shape index (κ1) is 15.0. The van der Waals surface area contributed by atoms with E-state index in [9.17, 15) is 9.18 Å². The Kier molecular flexibility index (Phi) is 3.46. The molecule has 3 aromatic rings. The van der Waals surface area contributed by atoms with Crippen molar-refractivity contribution < 1.29 is 9.18 Å². The summed E-state index contributed by atoms with van der Waals surface area (Å²) in [7, 11) is 4.03. The molecule has 0 spiro atoms. The average Bonchev–Trinajstić information content (AvgIpc) is 2.83. The van der Waals surface area contributed by atoms with E-state index in [-0.39, 0.29) is 11.4 Å². The smallest absolute Gasteiger partial charge is 0.259 e. The zero-order valence-electron chi connectivity index (χ0n) is 13.7. The summed E-state index contributed by atoms with van der Waals surface area (Å²) in [6.07, 6.45) is 0.878. The fraction of sp³-hybridized carbons (Fsp3) is 0.263. The molecule has 5 heteroatoms. The predicted octanol–water partition coefficient (Wildman–Crippen LogP) is 3.44. The molecule has 0 N–H and O–H groups in total. The summed E-state index contributed by atoms with van der Waals surface area (Å²) >= 11 is 0. The first-order chi connectivity index (χ1) is 11.6. The van der Waals surface area contributed by atoms with Crippen LogP contribution in [0.1, 0.15) is 16.8 Å². The molecule has 2 heterocycles. The molecule has 0 radical (unpaired) electrons. The fourth-order valence-corrected chi connectivity index (χ4v) is 3.42. The third-order valence-corrected chi connectivity index (χ3v) is 4.50. The van der Waals surface area contributed by atoms with Gasteiger partial charge in [0.15, 0.2) is 0 Å². The Hall–Kier alpha value is -2.53. The van der Waals surface area contributed by atoms with Crippen molar-refractivity contribution in [3.63, 3.8) is 0 Å². The molecule has 0 atom stereocenters. The van der Waals surface area contributed by atoms with Crippen LogP contribution in [0.5, 0.6) is 0 Å². The minimum absolute atomic E-state index is 0.0574. The van der Waals surface area contributed by atoms with E-state index >= 15 is 0 Å². The van der Waals surface area contributed by atoms with Crippen molar-refractivity contribution in [3.8, 4) is 0 Å². The van der Waals surface area contributed by atoms with Crippen LogP contribution in [0.4, 0.5) is 10.1 Å². The zero-order chi connectivity index (χ0) is 16.8. The highest BCUT2D eigenvalue weighted by atomic mass is 19.1. The lowest BCUT2D eigenvalue weighted by atomic mass is 10.0. The third-order valence-electron chi connectivity index (χ3n) is 4.50. The van der Waals surface area contributed by atoms with Crippen LogP contribution in [-0.2, 0) is 0 Å². The first-order valence-electron chi connectivity index (χ1n) is 8.05. The van der Waals surface area contributed by atoms with Gasteiger partial charge in [-0.25, -0.2) is 9.37 Å². The van der Waals surface area contributed by atoms with Gasteiger partial charge in [-0.3, -0.25) is 4.79 Å². The van der Waals surface area contributed by atoms with E-state index in [1.807, 2.05) is 32.3 Å². The maximum atomic E-state index is 14.2. The molecule has 0 unspecified atom stereocenters. The van der Waals surface area contributed by atoms with Crippen molar-refractivity contribution in [2.75, 3.05) is 32.1 Å². The molecule has 0 fully saturated rings. The number of rotatable bonds is 4. The Morgan fingerprint density at radius 1 is 1.17 bits per heavy atom. The number of anilines is 1. The van der Waals surface area contributed by atoms with Gasteiger partial charge in [0, 0.05) is 17.3 Å². The van der Waals surface area contributed by atoms with Crippen LogP contribution >= 0.6 is 0 Å². The molecule has 0 aliphatic carbocycles. The number of aromatic nitrogens is 1. The Balaban J connectivity index is 1.89. The molecule has 0 saturated carbocycles. The van der Waals surface area contributed by atoms with Crippen molar-refractivity contribution in [1.29, 1.82) is 0 Å². The standard InChI is InChI=1S/C19H18FN3O/c1-22(2)10-5-11-23-15-9-4-8-14-17(15)16(19(23)24)12-6-3-7-13(20)18(12)21-14/h3-4,6-9H,5,10-11H2,1-2H3. The quantitative estimate of drug-likeness (QED) is 0.690. The molecule has 1 aliphatic rings. The maximum Gasteiger partial charge on any atom is 0.259 e. The minimum Gasteiger partial charge on any atom is -0.309 e. The van der Waals surface area contributed by atoms with Crippen molar-refractivity contribution in [2.45, 2.75) is 6.42 Å². The van der Waals surface area contributed by atoms with Crippen molar-refractivity contribution in [3.05, 3.63) is 47.8 Å². The van der Waals surface area contributed by atoms with E-state index in [0.717, 1.165) is 24.0 Å². The van der Waals surface area contributed by atoms with Gasteiger partial charge in [-0.1, -0.05) is 18.2 Å². The summed E-state index contributed by atoms with van der Waals surface area (Å²) in [5, 5.41) is 1.43. The largest absolute Gasteiger partial charge is 0.309 e. The molecular weight excluding hydrogens is 305 g/mol. The van der Waals surface area contributed by atoms with Gasteiger partial charge in [0.1, 0.15) is 11.3 Å². The zero-order valence-corrected chi connectivity index (χ0v) is 13.7. The van der Waals surface area contributed by atoms with Gasteiger partial charge in [-0.15, -0.1) is 0 Å². The fourth-order valence-electron chi connectivity index (χ4n) is 3.42. The normalized spacial score (nSPS) is 13.7. The lowest BCUT2D eigenvalue weighted by molar-refractivity contribution is 0.0993. The highest BCUT2D eigenvalue weighted by Crippen LogP contribution is 2.40. The second-order valence-corrected chi connectivity index (χ2v) is 6.41. The number of carbonyl (C=O) groups is 1. The second kappa shape index (κ2) is 5.53. The van der Waals surface area contributed by atoms with Crippen LogP contribution in [0.3, 0.4) is 0 Å². The van der Waals surface area contributed by atoms with Gasteiger partial charge in [0.2, 0.25) is 0 Å². The van der Waals surface area contributed by atoms with E-state index in [2.05, 4.69) is 9.88 Å². The molecule has 122 valence electrons. The first-order valence-corrected chi connectivity index (χ1v) is 8.05. The van der Waals surface area contributed by atoms with E-state index in [4.69, 9.17) is 0 Å². The van der Waals surface area contributed by atoms with Gasteiger partial charge < -0.3 is 9.80 Å². The Morgan fingerprint density at radius 2 is 1.96 bits per heavy atom. The number of benzene rings is 2. The molecule has 0 bridgehead atoms. The molecule has 0 saturated heterocycles. The number of carbonyl (C=O) groups excluding carboxylic acids is 1. The lowest BCUT2D eigenvalue weighted by Crippen LogP contribution is -2.30. The summed E-state index contributed by atoms with van der Waals surface area (Å²) < 4.78 is 14.2. The van der Waals surface area contributed by atoms with Gasteiger partial charge in [0.25, 0.3) is 5.91 Å². The van der Waals surface area contributed by atoms with Crippen LogP contribution in [-0.4, -0.2) is 43.0 Å². The molecule has 2 aromatic carbocycles. The summed E-state index contributed by atoms with van der Waals surface area (Å²) in [4.78, 5) is 21.4. The highest BCUT2D eigenvalue weighted by molar-refractivity contribution is 6.30. The van der Waals surface area contributed by atoms with Gasteiger partial charge in [0.05, 0.1) is 16.8 Å². The number of hydrogen-bond acceptors (Lipinski definition) is 3. The number of hydrogen-bond donors (Lipinski definition) is 0. The van der Waals surface area contributed by atoms with Crippen LogP contribution in [0.25, 0.3) is 21.8 Å². The van der Waals surface area contributed by atoms with Crippen LogP contribution in [0, 0.1) is 5.82 Å². The van der Waals surface area contributed by atoms with Crippen molar-refractivity contribution in [1.82, 2.24) is 9.88 Å². The third kappa shape index (κ3) is 2.16. The molecule has 24 heavy (non-hydrogen) atoms. The number of halogens is 1. The van der Waals surface area contributed by atoms with E-state index < -0.39 is 5.82 Å². The van der Waals surface area contributed by atoms with Gasteiger partial charge >= 0.3 is 0 Å². The predicted molar refractivity (Wildman–Crippen MR) is 94.1 cm³/mol. The Bertz CT molecular complexity index is 968. The molecule has 4 nitrogen and oxygen atoms in total. The number of fused-ring (bicyclic) bond motifs is 2. The summed E-state index contributed by atoms with van der Waals surface area (Å²) in [6, 6.07) is 10.4. The average molecular weight is 323 g/mol. The van der Waals surface area contributed by atoms with Crippen molar-refractivity contribution in [2.24, 2.45) is 0 Å². The Labute approximate surface area is 139 Å². The van der Waals surface area contributed by atoms with Gasteiger partial charge in [-0.2, -0.15) is 0 Å². The van der Waals surface area contributed by atoms with E-state index in [1.165, 1.54) is 6.07 Å². The van der Waals surface area contributed by atoms with Gasteiger partial charge in [-0.05, 0) is 45.3 Å². The monoisotopic (exact) mass is 323 g/mol. The summed E-state index contributed by atoms with van der Waals surface area (Å²) in [6.45, 7) is 1.55. The van der Waals surface area contributed by atoms with Crippen LogP contribution < -0.4 is 4.90 Å². The Morgan fingerprint density at radius 3 is 2.75 bits per heavy atom. The maximum absolute atomic E-state index is 14.2. The van der Waals surface area contributed by atoms with Crippen molar-refractivity contribution >= 4 is 33.4 Å². The number of nitrogens with zero attached hydrogens (tertiary/aromatic N) is 3. The number of pyridine rings is 1. The molecular formula is C19H18FN3O. The number of para-hydroxylation sites is 1. The second-order valence-electron chi connectivity index (χ2n) is 6.41. The van der Waals surface area contributed by atoms with E-state index in [1.54, 1.807) is 17.0 Å². The lowest BCUT2D eigenvalue weighted by Gasteiger charge is -2.19. The van der Waals surface area contributed by atoms with E-state index in [0.29, 0.717) is 23.0 Å². The number of amides is 1. The SMILES string of the molecule is CN(C)CCCN1C(=O)c2c3cccc(F)c3nc3cccc1c23.